The van der Waals surface area contributed by atoms with E-state index in [4.69, 9.17) is 19.2 Å². The smallest absolute Gasteiger partial charge is 0.257 e. The number of fused-ring (bicyclic) bond motifs is 2. The van der Waals surface area contributed by atoms with Gasteiger partial charge >= 0.3 is 0 Å². The van der Waals surface area contributed by atoms with Gasteiger partial charge in [-0.1, -0.05) is 0 Å². The van der Waals surface area contributed by atoms with E-state index in [-0.39, 0.29) is 5.91 Å². The SMILES string of the molecule is N#Cc1c[nH]c2nc(Nc3ccc(C(=O)N4CCC(N5CCOCC5)CC4)c4c3OCCO4)nc(C3CC3)c12. The number of aromatic amines is 1. The number of ether oxygens (including phenoxy) is 3. The molecule has 3 aliphatic heterocycles. The first-order valence-electron chi connectivity index (χ1n) is 13.8. The van der Waals surface area contributed by atoms with E-state index >= 15 is 0 Å². The van der Waals surface area contributed by atoms with Crippen LogP contribution in [0.25, 0.3) is 11.0 Å². The molecule has 2 saturated heterocycles. The van der Waals surface area contributed by atoms with E-state index in [2.05, 4.69) is 26.3 Å². The topological polar surface area (TPSA) is 129 Å². The number of amides is 1. The molecule has 39 heavy (non-hydrogen) atoms. The Kier molecular flexibility index (Phi) is 6.21. The van der Waals surface area contributed by atoms with Gasteiger partial charge in [0.1, 0.15) is 24.9 Å². The maximum absolute atomic E-state index is 13.6. The molecule has 1 aromatic carbocycles. The van der Waals surface area contributed by atoms with E-state index in [1.54, 1.807) is 12.3 Å². The van der Waals surface area contributed by atoms with Crippen LogP contribution < -0.4 is 14.8 Å². The van der Waals surface area contributed by atoms with E-state index in [0.717, 1.165) is 76.2 Å². The predicted octanol–water partition coefficient (Wildman–Crippen LogP) is 3.16. The first-order chi connectivity index (χ1) is 19.2. The summed E-state index contributed by atoms with van der Waals surface area (Å²) < 4.78 is 17.5. The molecule has 1 aliphatic carbocycles. The van der Waals surface area contributed by atoms with Crippen molar-refractivity contribution in [2.24, 2.45) is 0 Å². The summed E-state index contributed by atoms with van der Waals surface area (Å²) in [4.78, 5) is 30.5. The number of H-pyrrole nitrogens is 1. The Balaban J connectivity index is 1.13. The lowest BCUT2D eigenvalue weighted by Crippen LogP contribution is -2.50. The Hall–Kier alpha value is -3.88. The number of likely N-dealkylation sites (tertiary alicyclic amines) is 1. The zero-order valence-electron chi connectivity index (χ0n) is 21.7. The number of hydrogen-bond donors (Lipinski definition) is 2. The standard InChI is InChI=1S/C28H31N7O4/c29-15-18-16-30-26-22(18)23(17-1-2-17)32-28(33-26)31-21-4-3-20(24-25(21)39-14-13-38-24)27(36)35-7-5-19(6-8-35)34-9-11-37-12-10-34/h3-4,16-17,19H,1-2,5-14H2,(H2,30,31,32,33). The highest BCUT2D eigenvalue weighted by Crippen LogP contribution is 2.45. The van der Waals surface area contributed by atoms with Crippen LogP contribution in [0.1, 0.15) is 53.2 Å². The second-order valence-corrected chi connectivity index (χ2v) is 10.6. The summed E-state index contributed by atoms with van der Waals surface area (Å²) in [6.07, 6.45) is 5.70. The molecule has 5 heterocycles. The molecular weight excluding hydrogens is 498 g/mol. The van der Waals surface area contributed by atoms with Crippen LogP contribution >= 0.6 is 0 Å². The molecule has 11 nitrogen and oxygen atoms in total. The molecule has 0 unspecified atom stereocenters. The highest BCUT2D eigenvalue weighted by atomic mass is 16.6. The number of carbonyl (C=O) groups excluding carboxylic acids is 1. The summed E-state index contributed by atoms with van der Waals surface area (Å²) in [5.41, 5.74) is 3.23. The van der Waals surface area contributed by atoms with Gasteiger partial charge in [-0.25, -0.2) is 4.98 Å². The summed E-state index contributed by atoms with van der Waals surface area (Å²) >= 11 is 0. The average molecular weight is 530 g/mol. The molecule has 1 amide bonds. The maximum Gasteiger partial charge on any atom is 0.257 e. The lowest BCUT2D eigenvalue weighted by Gasteiger charge is -2.40. The van der Waals surface area contributed by atoms with E-state index in [1.165, 1.54) is 0 Å². The number of piperidine rings is 1. The van der Waals surface area contributed by atoms with Crippen molar-refractivity contribution >= 4 is 28.6 Å². The molecule has 4 aliphatic rings. The van der Waals surface area contributed by atoms with Crippen LogP contribution in [0.5, 0.6) is 11.5 Å². The van der Waals surface area contributed by atoms with Gasteiger partial charge in [-0.15, -0.1) is 0 Å². The normalized spacial score (nSPS) is 20.1. The van der Waals surface area contributed by atoms with Crippen LogP contribution in [0.4, 0.5) is 11.6 Å². The van der Waals surface area contributed by atoms with Crippen molar-refractivity contribution in [3.8, 4) is 17.6 Å². The quantitative estimate of drug-likeness (QED) is 0.512. The van der Waals surface area contributed by atoms with Crippen LogP contribution in [0.2, 0.25) is 0 Å². The van der Waals surface area contributed by atoms with Crippen molar-refractivity contribution in [2.75, 3.05) is 57.9 Å². The van der Waals surface area contributed by atoms with Gasteiger partial charge < -0.3 is 29.4 Å². The van der Waals surface area contributed by atoms with Crippen molar-refractivity contribution in [3.63, 3.8) is 0 Å². The molecular formula is C28H31N7O4. The molecule has 3 fully saturated rings. The number of aromatic nitrogens is 3. The predicted molar refractivity (Wildman–Crippen MR) is 143 cm³/mol. The molecule has 0 spiro atoms. The van der Waals surface area contributed by atoms with Gasteiger partial charge in [0.15, 0.2) is 11.5 Å². The largest absolute Gasteiger partial charge is 0.485 e. The number of rotatable bonds is 5. The maximum atomic E-state index is 13.6. The van der Waals surface area contributed by atoms with Gasteiger partial charge in [0.05, 0.1) is 41.1 Å². The summed E-state index contributed by atoms with van der Waals surface area (Å²) in [7, 11) is 0. The van der Waals surface area contributed by atoms with Crippen LogP contribution in [0.15, 0.2) is 18.3 Å². The molecule has 202 valence electrons. The molecule has 2 N–H and O–H groups in total. The molecule has 3 aromatic rings. The minimum absolute atomic E-state index is 0.0344. The van der Waals surface area contributed by atoms with Crippen molar-refractivity contribution in [1.29, 1.82) is 5.26 Å². The van der Waals surface area contributed by atoms with Gasteiger partial charge in [-0.05, 0) is 37.8 Å². The van der Waals surface area contributed by atoms with Crippen molar-refractivity contribution in [2.45, 2.75) is 37.6 Å². The highest BCUT2D eigenvalue weighted by Gasteiger charge is 2.33. The first-order valence-corrected chi connectivity index (χ1v) is 13.8. The van der Waals surface area contributed by atoms with Gasteiger partial charge in [0.2, 0.25) is 5.95 Å². The fourth-order valence-electron chi connectivity index (χ4n) is 5.93. The Bertz CT molecular complexity index is 1450. The third-order valence-electron chi connectivity index (χ3n) is 8.12. The second kappa shape index (κ2) is 10.0. The van der Waals surface area contributed by atoms with Gasteiger partial charge in [0.25, 0.3) is 5.91 Å². The monoisotopic (exact) mass is 529 g/mol. The highest BCUT2D eigenvalue weighted by molar-refractivity contribution is 5.99. The van der Waals surface area contributed by atoms with Crippen molar-refractivity contribution in [3.05, 3.63) is 35.2 Å². The molecule has 2 aromatic heterocycles. The molecule has 7 rings (SSSR count). The second-order valence-electron chi connectivity index (χ2n) is 10.6. The summed E-state index contributed by atoms with van der Waals surface area (Å²) in [5, 5.41) is 13.6. The van der Waals surface area contributed by atoms with Gasteiger partial charge in [-0.3, -0.25) is 9.69 Å². The molecule has 11 heteroatoms. The number of nitriles is 1. The molecule has 1 saturated carbocycles. The Morgan fingerprint density at radius 1 is 1.00 bits per heavy atom. The van der Waals surface area contributed by atoms with E-state index in [0.29, 0.717) is 65.1 Å². The number of hydrogen-bond acceptors (Lipinski definition) is 9. The third-order valence-corrected chi connectivity index (χ3v) is 8.12. The number of nitrogens with zero attached hydrogens (tertiary/aromatic N) is 5. The van der Waals surface area contributed by atoms with Crippen molar-refractivity contribution in [1.82, 2.24) is 24.8 Å². The van der Waals surface area contributed by atoms with E-state index < -0.39 is 0 Å². The third kappa shape index (κ3) is 4.53. The van der Waals surface area contributed by atoms with Crippen LogP contribution in [-0.4, -0.2) is 89.3 Å². The molecule has 0 atom stereocenters. The Labute approximate surface area is 226 Å². The van der Waals surface area contributed by atoms with E-state index in [9.17, 15) is 10.1 Å². The minimum atomic E-state index is -0.0344. The fraction of sp³-hybridized carbons (Fsp3) is 0.500. The Morgan fingerprint density at radius 3 is 2.51 bits per heavy atom. The first kappa shape index (κ1) is 24.2. The van der Waals surface area contributed by atoms with Gasteiger partial charge in [0, 0.05) is 44.3 Å². The van der Waals surface area contributed by atoms with Gasteiger partial charge in [-0.2, -0.15) is 10.2 Å². The van der Waals surface area contributed by atoms with Crippen LogP contribution in [-0.2, 0) is 4.74 Å². The van der Waals surface area contributed by atoms with Crippen LogP contribution in [0.3, 0.4) is 0 Å². The lowest BCUT2D eigenvalue weighted by atomic mass is 10.0. The summed E-state index contributed by atoms with van der Waals surface area (Å²) in [6, 6.07) is 6.37. The number of morpholine rings is 1. The Morgan fingerprint density at radius 2 is 1.77 bits per heavy atom. The number of carbonyl (C=O) groups is 1. The number of nitrogens with one attached hydrogen (secondary N) is 2. The van der Waals surface area contributed by atoms with Crippen LogP contribution in [0, 0.1) is 11.3 Å². The lowest BCUT2D eigenvalue weighted by molar-refractivity contribution is 0.00152. The molecule has 0 bridgehead atoms. The van der Waals surface area contributed by atoms with Crippen molar-refractivity contribution < 1.29 is 19.0 Å². The average Bonchev–Trinajstić information content (AvgIpc) is 3.76. The molecule has 0 radical (unpaired) electrons. The zero-order chi connectivity index (χ0) is 26.3. The number of benzene rings is 1. The summed E-state index contributed by atoms with van der Waals surface area (Å²) in [6.45, 7) is 5.71. The summed E-state index contributed by atoms with van der Waals surface area (Å²) in [5.74, 6) is 1.67. The fourth-order valence-corrected chi connectivity index (χ4v) is 5.93. The van der Waals surface area contributed by atoms with E-state index in [1.807, 2.05) is 11.0 Å². The number of anilines is 2. The minimum Gasteiger partial charge on any atom is -0.485 e. The zero-order valence-corrected chi connectivity index (χ0v) is 21.7.